The van der Waals surface area contributed by atoms with Crippen molar-refractivity contribution in [1.29, 1.82) is 0 Å². The van der Waals surface area contributed by atoms with Gasteiger partial charge in [0.2, 0.25) is 0 Å². The number of halogens is 1. The van der Waals surface area contributed by atoms with Crippen molar-refractivity contribution < 1.29 is 4.79 Å². The molecule has 0 spiro atoms. The number of aromatic nitrogens is 1. The Kier molecular flexibility index (Phi) is 11.8. The Morgan fingerprint density at radius 2 is 2.04 bits per heavy atom. The van der Waals surface area contributed by atoms with Gasteiger partial charge in [-0.3, -0.25) is 14.7 Å². The number of rotatable bonds is 8. The number of hydrogen-bond acceptors (Lipinski definition) is 5. The van der Waals surface area contributed by atoms with Crippen LogP contribution in [0.4, 0.5) is 0 Å². The Morgan fingerprint density at radius 1 is 1.30 bits per heavy atom. The predicted molar refractivity (Wildman–Crippen MR) is 123 cm³/mol. The van der Waals surface area contributed by atoms with E-state index in [-0.39, 0.29) is 29.9 Å². The summed E-state index contributed by atoms with van der Waals surface area (Å²) in [6.07, 6.45) is 5.22. The number of aryl methyl sites for hydroxylation is 1. The van der Waals surface area contributed by atoms with Crippen molar-refractivity contribution in [2.45, 2.75) is 45.6 Å². The van der Waals surface area contributed by atoms with Gasteiger partial charge in [-0.1, -0.05) is 13.3 Å². The van der Waals surface area contributed by atoms with Gasteiger partial charge in [0.1, 0.15) is 4.88 Å². The summed E-state index contributed by atoms with van der Waals surface area (Å²) in [5, 5.41) is 9.51. The van der Waals surface area contributed by atoms with E-state index < -0.39 is 0 Å². The highest BCUT2D eigenvalue weighted by Gasteiger charge is 2.19. The molecule has 1 atom stereocenters. The highest BCUT2D eigenvalue weighted by Crippen LogP contribution is 2.18. The molecular weight excluding hydrogens is 475 g/mol. The molecule has 0 saturated carbocycles. The topological polar surface area (TPSA) is 81.6 Å². The molecule has 27 heavy (non-hydrogen) atoms. The van der Waals surface area contributed by atoms with E-state index in [1.54, 1.807) is 12.6 Å². The quantitative estimate of drug-likeness (QED) is 0.217. The molecule has 1 aromatic heterocycles. The number of likely N-dealkylation sites (tertiary alicyclic amines) is 1. The average molecular weight is 508 g/mol. The summed E-state index contributed by atoms with van der Waals surface area (Å²) in [7, 11) is 1.77. The molecule has 2 rings (SSSR count). The second-order valence-electron chi connectivity index (χ2n) is 6.54. The zero-order chi connectivity index (χ0) is 18.8. The van der Waals surface area contributed by atoms with E-state index in [4.69, 9.17) is 0 Å². The first kappa shape index (κ1) is 24.1. The lowest BCUT2D eigenvalue weighted by molar-refractivity contribution is 0.0957. The Bertz CT molecular complexity index is 594. The van der Waals surface area contributed by atoms with Crippen LogP contribution in [-0.4, -0.2) is 67.6 Å². The number of nitrogens with one attached hydrogen (secondary N) is 3. The Hall–Kier alpha value is -0.940. The fourth-order valence-electron chi connectivity index (χ4n) is 3.31. The summed E-state index contributed by atoms with van der Waals surface area (Å²) >= 11 is 1.37. The standard InChI is InChI=1S/C18H32N6OS.HI/c1-4-15-7-5-6-11-24(15)12-10-22-18(19-3)21-9-8-20-17(25)16-14(2)23-13-26-16;/h13,15H,4-12H2,1-3H3,(H,20,25)(H2,19,21,22);1H. The fraction of sp³-hybridized carbons (Fsp3) is 0.722. The molecule has 3 N–H and O–H groups in total. The third-order valence-corrected chi connectivity index (χ3v) is 5.72. The van der Waals surface area contributed by atoms with Gasteiger partial charge in [0.15, 0.2) is 5.96 Å². The minimum atomic E-state index is -0.0644. The second-order valence-corrected chi connectivity index (χ2v) is 7.40. The number of guanidine groups is 1. The van der Waals surface area contributed by atoms with Gasteiger partial charge in [0.05, 0.1) is 11.2 Å². The van der Waals surface area contributed by atoms with E-state index in [1.807, 2.05) is 6.92 Å². The van der Waals surface area contributed by atoms with Gasteiger partial charge in [-0.15, -0.1) is 35.3 Å². The molecule has 1 aliphatic heterocycles. The van der Waals surface area contributed by atoms with Crippen LogP contribution in [0.3, 0.4) is 0 Å². The summed E-state index contributed by atoms with van der Waals surface area (Å²) in [4.78, 5) is 23.6. The minimum absolute atomic E-state index is 0. The molecule has 2 heterocycles. The van der Waals surface area contributed by atoms with Gasteiger partial charge in [-0.2, -0.15) is 0 Å². The molecule has 0 aliphatic carbocycles. The highest BCUT2D eigenvalue weighted by atomic mass is 127. The molecule has 7 nitrogen and oxygen atoms in total. The summed E-state index contributed by atoms with van der Waals surface area (Å²) in [5.74, 6) is 0.712. The third-order valence-electron chi connectivity index (χ3n) is 4.79. The third kappa shape index (κ3) is 7.90. The maximum Gasteiger partial charge on any atom is 0.263 e. The van der Waals surface area contributed by atoms with E-state index in [0.717, 1.165) is 30.8 Å². The number of thiazole rings is 1. The Balaban J connectivity index is 0.00000364. The molecule has 1 amide bonds. The molecule has 0 radical (unpaired) electrons. The largest absolute Gasteiger partial charge is 0.355 e. The summed E-state index contributed by atoms with van der Waals surface area (Å²) < 4.78 is 0. The maximum atomic E-state index is 12.0. The van der Waals surface area contributed by atoms with Gasteiger partial charge in [-0.05, 0) is 32.7 Å². The SMILES string of the molecule is CCC1CCCCN1CCNC(=NC)NCCNC(=O)c1scnc1C.I. The van der Waals surface area contributed by atoms with Crippen molar-refractivity contribution in [2.24, 2.45) is 4.99 Å². The van der Waals surface area contributed by atoms with Crippen LogP contribution >= 0.6 is 35.3 Å². The van der Waals surface area contributed by atoms with E-state index in [0.29, 0.717) is 18.0 Å². The van der Waals surface area contributed by atoms with Crippen molar-refractivity contribution in [2.75, 3.05) is 39.8 Å². The second kappa shape index (κ2) is 13.3. The first-order valence-electron chi connectivity index (χ1n) is 9.52. The molecule has 0 bridgehead atoms. The van der Waals surface area contributed by atoms with E-state index >= 15 is 0 Å². The van der Waals surface area contributed by atoms with Crippen LogP contribution in [0.2, 0.25) is 0 Å². The number of carbonyl (C=O) groups is 1. The van der Waals surface area contributed by atoms with Gasteiger partial charge in [0, 0.05) is 39.3 Å². The van der Waals surface area contributed by atoms with Crippen LogP contribution in [0.25, 0.3) is 0 Å². The lowest BCUT2D eigenvalue weighted by Crippen LogP contribution is -2.46. The molecule has 154 valence electrons. The predicted octanol–water partition coefficient (Wildman–Crippen LogP) is 2.23. The zero-order valence-electron chi connectivity index (χ0n) is 16.6. The smallest absolute Gasteiger partial charge is 0.263 e. The fourth-order valence-corrected chi connectivity index (χ4v) is 4.03. The van der Waals surface area contributed by atoms with Crippen molar-refractivity contribution >= 4 is 47.2 Å². The minimum Gasteiger partial charge on any atom is -0.355 e. The van der Waals surface area contributed by atoms with Crippen LogP contribution in [0.15, 0.2) is 10.5 Å². The molecule has 1 aromatic rings. The maximum absolute atomic E-state index is 12.0. The number of piperidine rings is 1. The molecular formula is C18H33IN6OS. The van der Waals surface area contributed by atoms with Crippen molar-refractivity contribution in [1.82, 2.24) is 25.8 Å². The van der Waals surface area contributed by atoms with Gasteiger partial charge >= 0.3 is 0 Å². The average Bonchev–Trinajstić information content (AvgIpc) is 3.09. The number of hydrogen-bond donors (Lipinski definition) is 3. The Labute approximate surface area is 183 Å². The van der Waals surface area contributed by atoms with E-state index in [1.165, 1.54) is 43.6 Å². The highest BCUT2D eigenvalue weighted by molar-refractivity contribution is 14.0. The summed E-state index contributed by atoms with van der Waals surface area (Å²) in [5.41, 5.74) is 2.47. The molecule has 9 heteroatoms. The molecule has 1 unspecified atom stereocenters. The molecule has 1 fully saturated rings. The normalized spacial score (nSPS) is 17.9. The molecule has 1 aliphatic rings. The number of amides is 1. The van der Waals surface area contributed by atoms with Crippen LogP contribution in [0, 0.1) is 6.92 Å². The lowest BCUT2D eigenvalue weighted by atomic mass is 10.0. The van der Waals surface area contributed by atoms with E-state index in [9.17, 15) is 4.79 Å². The molecule has 1 saturated heterocycles. The van der Waals surface area contributed by atoms with Crippen molar-refractivity contribution in [3.05, 3.63) is 16.1 Å². The van der Waals surface area contributed by atoms with Gasteiger partial charge in [-0.25, -0.2) is 4.98 Å². The summed E-state index contributed by atoms with van der Waals surface area (Å²) in [6, 6.07) is 0.728. The first-order valence-corrected chi connectivity index (χ1v) is 10.4. The number of aliphatic imine (C=N–C) groups is 1. The van der Waals surface area contributed by atoms with Crippen LogP contribution in [0.1, 0.15) is 48.0 Å². The lowest BCUT2D eigenvalue weighted by Gasteiger charge is -2.35. The zero-order valence-corrected chi connectivity index (χ0v) is 19.7. The summed E-state index contributed by atoms with van der Waals surface area (Å²) in [6.45, 7) is 8.42. The number of carbonyl (C=O) groups excluding carboxylic acids is 1. The molecule has 0 aromatic carbocycles. The van der Waals surface area contributed by atoms with Crippen molar-refractivity contribution in [3.8, 4) is 0 Å². The van der Waals surface area contributed by atoms with Crippen LogP contribution in [0.5, 0.6) is 0 Å². The Morgan fingerprint density at radius 3 is 2.70 bits per heavy atom. The first-order chi connectivity index (χ1) is 12.7. The van der Waals surface area contributed by atoms with Crippen molar-refractivity contribution in [3.63, 3.8) is 0 Å². The monoisotopic (exact) mass is 508 g/mol. The van der Waals surface area contributed by atoms with E-state index in [2.05, 4.69) is 37.8 Å². The number of nitrogens with zero attached hydrogens (tertiary/aromatic N) is 3. The van der Waals surface area contributed by atoms with Crippen LogP contribution in [-0.2, 0) is 0 Å². The van der Waals surface area contributed by atoms with Gasteiger partial charge < -0.3 is 16.0 Å². The van der Waals surface area contributed by atoms with Crippen LogP contribution < -0.4 is 16.0 Å². The van der Waals surface area contributed by atoms with Gasteiger partial charge in [0.25, 0.3) is 5.91 Å².